The number of hydrogen-bond donors (Lipinski definition) is 6. The number of aliphatic hydroxyl groups is 6. The maximum atomic E-state index is 13.5. The van der Waals surface area contributed by atoms with Gasteiger partial charge in [0, 0.05) is 86.6 Å². The highest BCUT2D eigenvalue weighted by atomic mass is 31.1. The Labute approximate surface area is 822 Å². The second-order valence-corrected chi connectivity index (χ2v) is 38.6. The van der Waals surface area contributed by atoms with E-state index in [0.29, 0.717) is 97.4 Å². The van der Waals surface area contributed by atoms with Gasteiger partial charge in [-0.3, -0.25) is 0 Å². The fourth-order valence-corrected chi connectivity index (χ4v) is 22.2. The van der Waals surface area contributed by atoms with Crippen molar-refractivity contribution in [3.8, 4) is 74.7 Å². The summed E-state index contributed by atoms with van der Waals surface area (Å²) in [4.78, 5) is 0. The Hall–Kier alpha value is -9.93. The number of halogens is 1. The fraction of sp³-hybridized carbons (Fsp3) is 0.321. The molecule has 0 aliphatic rings. The zero-order valence-electron chi connectivity index (χ0n) is 82.4. The standard InChI is InChI=1S/C18H22FO5P.C18H23O5P.2C18H23O4P.C17H21O4P.C17H21O3P/c1-11(20)14-7-12(19)5-6-16(14)25-17-9-13(22-3)8-15(23-4)18(17)24-10-21-2;1-12(19)14-7-5-6-8-16(14)24-17-10-13(21-3)9-15(22-4)18(17)23-11-20-2;1-12-5-8-17(15(9-12)13(2)19)23-18-10-14(21-4)6-7-16(18)22-11-20-3;1-12-7-5-8-14(13(2)19)18(12)23-16-10-6-9-15(21-4)17(16)22-11-20-3;1-12(18)13-7-4-5-9-15(13)22-16-10-6-8-14(20-3)17(16)21-11-19-2;1-12-8-9-15(20-11-19-3)17(10-12)21-16-7-5-4-6-14(16)13(2)18/h5-9,11,20,25H,10H2,1-4H3;5-10,12,19,24H,11H2,1-4H3;2*5-10,13,19,23H,11H2,1-4H3;4-10,12,18,22H,11H2,1-3H3;4-10,13,18,21H,11H2,1-3H3. The Kier molecular flexibility index (Phi) is 51.4. The molecular formula is C106H133FO25P6. The molecule has 12 aromatic rings. The Morgan fingerprint density at radius 3 is 0.935 bits per heavy atom. The van der Waals surface area contributed by atoms with Gasteiger partial charge >= 0.3 is 0 Å². The number of aliphatic hydroxyl groups excluding tert-OH is 6. The molecule has 0 heterocycles. The molecule has 0 aliphatic carbocycles. The van der Waals surface area contributed by atoms with Gasteiger partial charge in [0.25, 0.3) is 0 Å². The van der Waals surface area contributed by atoms with Crippen molar-refractivity contribution in [2.24, 2.45) is 0 Å². The smallest absolute Gasteiger partial charge is 0.188 e. The van der Waals surface area contributed by atoms with Crippen molar-refractivity contribution in [2.75, 3.05) is 133 Å². The van der Waals surface area contributed by atoms with E-state index in [0.717, 1.165) is 120 Å². The van der Waals surface area contributed by atoms with Crippen LogP contribution in [0.3, 0.4) is 0 Å². The highest BCUT2D eigenvalue weighted by molar-refractivity contribution is 7.57. The molecule has 744 valence electrons. The SMILES string of the molecule is COCOc1c(OC)cc(OC)cc1Pc1ccc(F)cc1C(C)O.COCOc1c(OC)cc(OC)cc1Pc1ccccc1C(C)O.COCOc1c(OC)cccc1Pc1c(C)cccc1C(C)O.COCOc1c(OC)cccc1Pc1ccccc1C(C)O.COCOc1ccc(C)cc1Pc1ccccc1C(C)O.COCOc1ccc(OC)cc1Pc1ccc(C)cc1C(C)O. The molecule has 0 saturated heterocycles. The van der Waals surface area contributed by atoms with Gasteiger partial charge in [-0.05, 0) is 200 Å². The molecule has 0 spiro atoms. The normalized spacial score (nSPS) is 12.5. The van der Waals surface area contributed by atoms with Crippen LogP contribution in [0.15, 0.2) is 224 Å². The van der Waals surface area contributed by atoms with E-state index in [4.69, 9.17) is 90.0 Å². The fourth-order valence-electron chi connectivity index (χ4n) is 13.6. The van der Waals surface area contributed by atoms with Gasteiger partial charge < -0.3 is 121 Å². The van der Waals surface area contributed by atoms with Crippen LogP contribution in [0, 0.1) is 26.6 Å². The first-order valence-corrected chi connectivity index (χ1v) is 49.8. The molecule has 0 amide bonds. The number of rotatable bonds is 43. The van der Waals surface area contributed by atoms with Gasteiger partial charge in [-0.25, -0.2) is 4.39 Å². The number of ether oxygens (including phenoxy) is 19. The third-order valence-corrected chi connectivity index (χ3v) is 28.8. The third-order valence-electron chi connectivity index (χ3n) is 20.4. The van der Waals surface area contributed by atoms with Crippen LogP contribution in [-0.2, 0) is 28.4 Å². The summed E-state index contributed by atoms with van der Waals surface area (Å²) in [5.41, 5.74) is 8.71. The number of para-hydroxylation sites is 2. The zero-order valence-corrected chi connectivity index (χ0v) is 88.4. The second kappa shape index (κ2) is 61.6. The summed E-state index contributed by atoms with van der Waals surface area (Å²) in [6, 6.07) is 71.0. The molecule has 32 heteroatoms. The Morgan fingerprint density at radius 2 is 0.536 bits per heavy atom. The Balaban J connectivity index is 0.000000226. The average Bonchev–Trinajstić information content (AvgIpc) is 0.806. The summed E-state index contributed by atoms with van der Waals surface area (Å²) < 4.78 is 115. The van der Waals surface area contributed by atoms with Gasteiger partial charge in [0.05, 0.1) is 86.4 Å². The molecule has 25 nitrogen and oxygen atoms in total. The molecule has 0 aromatic heterocycles. The van der Waals surface area contributed by atoms with Gasteiger partial charge in [-0.15, -0.1) is 0 Å². The van der Waals surface area contributed by atoms with E-state index in [2.05, 4.69) is 44.2 Å². The molecule has 0 aliphatic heterocycles. The maximum absolute atomic E-state index is 13.5. The molecule has 0 fully saturated rings. The minimum Gasteiger partial charge on any atom is -0.497 e. The first-order valence-electron chi connectivity index (χ1n) is 43.8. The molecule has 12 aromatic carbocycles. The lowest BCUT2D eigenvalue weighted by Gasteiger charge is -2.18. The van der Waals surface area contributed by atoms with Gasteiger partial charge in [0.2, 0.25) is 0 Å². The van der Waals surface area contributed by atoms with E-state index in [1.54, 1.807) is 145 Å². The van der Waals surface area contributed by atoms with Crippen molar-refractivity contribution in [3.05, 3.63) is 280 Å². The van der Waals surface area contributed by atoms with E-state index in [1.165, 1.54) is 24.8 Å². The predicted molar refractivity (Wildman–Crippen MR) is 562 cm³/mol. The van der Waals surface area contributed by atoms with Gasteiger partial charge in [-0.1, -0.05) is 208 Å². The highest BCUT2D eigenvalue weighted by Gasteiger charge is 2.24. The number of aryl methyl sites for hydroxylation is 3. The van der Waals surface area contributed by atoms with Gasteiger partial charge in [0.1, 0.15) is 34.6 Å². The van der Waals surface area contributed by atoms with Crippen molar-refractivity contribution >= 4 is 115 Å². The molecule has 12 unspecified atom stereocenters. The maximum Gasteiger partial charge on any atom is 0.188 e. The molecule has 138 heavy (non-hydrogen) atoms. The summed E-state index contributed by atoms with van der Waals surface area (Å²) in [5.74, 6) is 8.29. The van der Waals surface area contributed by atoms with Crippen molar-refractivity contribution in [1.82, 2.24) is 0 Å². The molecule has 0 saturated carbocycles. The summed E-state index contributed by atoms with van der Waals surface area (Å²) in [6.45, 7) is 17.6. The number of benzene rings is 12. The van der Waals surface area contributed by atoms with Crippen LogP contribution < -0.4 is 125 Å². The summed E-state index contributed by atoms with van der Waals surface area (Å²) in [6.07, 6.45) is -3.31. The summed E-state index contributed by atoms with van der Waals surface area (Å²) in [7, 11) is 22.6. The monoisotopic (exact) mass is 2010 g/mol. The lowest BCUT2D eigenvalue weighted by atomic mass is 10.1. The van der Waals surface area contributed by atoms with Crippen LogP contribution in [-0.4, -0.2) is 164 Å². The Morgan fingerprint density at radius 1 is 0.232 bits per heavy atom. The van der Waals surface area contributed by atoms with Gasteiger partial charge in [0.15, 0.2) is 86.8 Å². The third kappa shape index (κ3) is 35.7. The topological polar surface area (TPSA) is 297 Å². The van der Waals surface area contributed by atoms with Crippen LogP contribution >= 0.6 is 51.5 Å². The predicted octanol–water partition coefficient (Wildman–Crippen LogP) is 15.2. The van der Waals surface area contributed by atoms with Crippen molar-refractivity contribution in [2.45, 2.75) is 98.9 Å². The van der Waals surface area contributed by atoms with Crippen LogP contribution in [0.25, 0.3) is 0 Å². The van der Waals surface area contributed by atoms with E-state index < -0.39 is 36.6 Å². The minimum absolute atomic E-state index is 0.0623. The van der Waals surface area contributed by atoms with Crippen LogP contribution in [0.1, 0.15) is 128 Å². The lowest BCUT2D eigenvalue weighted by Crippen LogP contribution is -2.17. The van der Waals surface area contributed by atoms with E-state index in [9.17, 15) is 35.0 Å². The van der Waals surface area contributed by atoms with Crippen molar-refractivity contribution in [3.63, 3.8) is 0 Å². The minimum atomic E-state index is -0.783. The first kappa shape index (κ1) is 115. The first-order chi connectivity index (χ1) is 66.5. The Bertz CT molecular complexity index is 5680. The van der Waals surface area contributed by atoms with Crippen LogP contribution in [0.2, 0.25) is 0 Å². The summed E-state index contributed by atoms with van der Waals surface area (Å²) in [5, 5.41) is 72.1. The average molecular weight is 2010 g/mol. The molecular weight excluding hydrogens is 1880 g/mol. The quantitative estimate of drug-likeness (QED) is 0.0153. The van der Waals surface area contributed by atoms with Crippen molar-refractivity contribution < 1.29 is 125 Å². The van der Waals surface area contributed by atoms with Gasteiger partial charge in [-0.2, -0.15) is 0 Å². The second-order valence-electron chi connectivity index (χ2n) is 30.7. The molecule has 12 rings (SSSR count). The lowest BCUT2D eigenvalue weighted by molar-refractivity contribution is 0.0498. The summed E-state index contributed by atoms with van der Waals surface area (Å²) >= 11 is 0. The molecule has 6 N–H and O–H groups in total. The van der Waals surface area contributed by atoms with Crippen molar-refractivity contribution in [1.29, 1.82) is 0 Å². The largest absolute Gasteiger partial charge is 0.497 e. The number of hydrogen-bond acceptors (Lipinski definition) is 25. The molecule has 0 radical (unpaired) electrons. The van der Waals surface area contributed by atoms with Crippen LogP contribution in [0.4, 0.5) is 4.39 Å². The highest BCUT2D eigenvalue weighted by Crippen LogP contribution is 2.40. The number of methoxy groups -OCH3 is 13. The van der Waals surface area contributed by atoms with E-state index in [1.807, 2.05) is 171 Å². The van der Waals surface area contributed by atoms with E-state index >= 15 is 0 Å². The van der Waals surface area contributed by atoms with Crippen LogP contribution in [0.5, 0.6) is 74.7 Å². The van der Waals surface area contributed by atoms with E-state index in [-0.39, 0.29) is 63.7 Å². The molecule has 12 atom stereocenters. The zero-order chi connectivity index (χ0) is 101. The molecule has 0 bridgehead atoms.